The van der Waals surface area contributed by atoms with Gasteiger partial charge in [-0.3, -0.25) is 0 Å². The van der Waals surface area contributed by atoms with Crippen LogP contribution in [0.15, 0.2) is 24.3 Å². The number of hydrogen-bond donors (Lipinski definition) is 1. The van der Waals surface area contributed by atoms with Gasteiger partial charge in [0.2, 0.25) is 0 Å². The van der Waals surface area contributed by atoms with Crippen LogP contribution in [0.1, 0.15) is 24.9 Å². The third kappa shape index (κ3) is 2.71. The zero-order chi connectivity index (χ0) is 11.4. The minimum absolute atomic E-state index is 0.422. The second-order valence-electron chi connectivity index (χ2n) is 4.18. The van der Waals surface area contributed by atoms with Gasteiger partial charge in [0.15, 0.2) is 0 Å². The Bertz CT molecular complexity index is 342. The monoisotopic (exact) mass is 237 g/mol. The molecule has 2 unspecified atom stereocenters. The average molecular weight is 237 g/mol. The summed E-state index contributed by atoms with van der Waals surface area (Å²) < 4.78 is 5.42. The van der Waals surface area contributed by atoms with E-state index in [0.717, 1.165) is 23.3 Å². The predicted molar refractivity (Wildman–Crippen MR) is 70.3 cm³/mol. The first-order valence-electron chi connectivity index (χ1n) is 5.79. The molecule has 2 rings (SSSR count). The molecule has 1 N–H and O–H groups in total. The Labute approximate surface area is 102 Å². The Morgan fingerprint density at radius 3 is 3.00 bits per heavy atom. The van der Waals surface area contributed by atoms with E-state index in [9.17, 15) is 0 Å². The summed E-state index contributed by atoms with van der Waals surface area (Å²) in [4.78, 5) is 0. The van der Waals surface area contributed by atoms with Crippen LogP contribution in [-0.2, 0) is 0 Å². The van der Waals surface area contributed by atoms with E-state index in [0.29, 0.717) is 6.04 Å². The van der Waals surface area contributed by atoms with Gasteiger partial charge in [-0.05, 0) is 19.0 Å². The SMILES string of the molecule is COc1ccccc1C1CSC(C)CCN1. The molecule has 0 saturated carbocycles. The summed E-state index contributed by atoms with van der Waals surface area (Å²) in [5.41, 5.74) is 1.28. The maximum atomic E-state index is 5.42. The van der Waals surface area contributed by atoms with Crippen molar-refractivity contribution in [3.05, 3.63) is 29.8 Å². The zero-order valence-electron chi connectivity index (χ0n) is 9.90. The molecular formula is C13H19NOS. The summed E-state index contributed by atoms with van der Waals surface area (Å²) in [6.07, 6.45) is 1.25. The highest BCUT2D eigenvalue weighted by Gasteiger charge is 2.19. The number of methoxy groups -OCH3 is 1. The van der Waals surface area contributed by atoms with Gasteiger partial charge in [0.05, 0.1) is 7.11 Å². The molecular weight excluding hydrogens is 218 g/mol. The van der Waals surface area contributed by atoms with Crippen LogP contribution in [0.4, 0.5) is 0 Å². The van der Waals surface area contributed by atoms with Crippen LogP contribution in [0.5, 0.6) is 5.75 Å². The highest BCUT2D eigenvalue weighted by Crippen LogP contribution is 2.30. The first-order chi connectivity index (χ1) is 7.81. The third-order valence-corrected chi connectivity index (χ3v) is 4.33. The van der Waals surface area contributed by atoms with E-state index in [4.69, 9.17) is 4.74 Å². The molecule has 0 spiro atoms. The maximum absolute atomic E-state index is 5.42. The lowest BCUT2D eigenvalue weighted by Crippen LogP contribution is -2.23. The van der Waals surface area contributed by atoms with Gasteiger partial charge < -0.3 is 10.1 Å². The molecule has 1 aromatic carbocycles. The molecule has 3 heteroatoms. The first-order valence-corrected chi connectivity index (χ1v) is 6.84. The second kappa shape index (κ2) is 5.60. The highest BCUT2D eigenvalue weighted by molar-refractivity contribution is 7.99. The summed E-state index contributed by atoms with van der Waals surface area (Å²) in [6, 6.07) is 8.72. The number of thioether (sulfide) groups is 1. The molecule has 16 heavy (non-hydrogen) atoms. The number of para-hydroxylation sites is 1. The summed E-state index contributed by atoms with van der Waals surface area (Å²) in [6.45, 7) is 3.40. The number of rotatable bonds is 2. The molecule has 1 aliphatic heterocycles. The standard InChI is InChI=1S/C13H19NOS/c1-10-7-8-14-12(9-16-10)11-5-3-4-6-13(11)15-2/h3-6,10,12,14H,7-9H2,1-2H3. The Morgan fingerprint density at radius 1 is 1.38 bits per heavy atom. The third-order valence-electron chi connectivity index (χ3n) is 3.00. The van der Waals surface area contributed by atoms with E-state index in [1.54, 1.807) is 7.11 Å². The topological polar surface area (TPSA) is 21.3 Å². The molecule has 0 amide bonds. The van der Waals surface area contributed by atoms with E-state index in [1.165, 1.54) is 12.0 Å². The number of hydrogen-bond acceptors (Lipinski definition) is 3. The number of nitrogens with one attached hydrogen (secondary N) is 1. The van der Waals surface area contributed by atoms with Gasteiger partial charge in [-0.1, -0.05) is 25.1 Å². The van der Waals surface area contributed by atoms with Crippen molar-refractivity contribution in [3.8, 4) is 5.75 Å². The van der Waals surface area contributed by atoms with Gasteiger partial charge in [0, 0.05) is 22.6 Å². The van der Waals surface area contributed by atoms with Crippen LogP contribution in [0.25, 0.3) is 0 Å². The smallest absolute Gasteiger partial charge is 0.123 e. The minimum atomic E-state index is 0.422. The Kier molecular flexibility index (Phi) is 4.13. The Morgan fingerprint density at radius 2 is 2.19 bits per heavy atom. The average Bonchev–Trinajstić information content (AvgIpc) is 2.54. The lowest BCUT2D eigenvalue weighted by atomic mass is 10.1. The van der Waals surface area contributed by atoms with E-state index in [1.807, 2.05) is 23.9 Å². The molecule has 0 bridgehead atoms. The van der Waals surface area contributed by atoms with Crippen LogP contribution in [0, 0.1) is 0 Å². The minimum Gasteiger partial charge on any atom is -0.496 e. The predicted octanol–water partition coefficient (Wildman–Crippen LogP) is 2.85. The van der Waals surface area contributed by atoms with Crippen molar-refractivity contribution >= 4 is 11.8 Å². The van der Waals surface area contributed by atoms with Crippen molar-refractivity contribution in [2.24, 2.45) is 0 Å². The van der Waals surface area contributed by atoms with Gasteiger partial charge in [0.25, 0.3) is 0 Å². The molecule has 2 nitrogen and oxygen atoms in total. The number of ether oxygens (including phenoxy) is 1. The van der Waals surface area contributed by atoms with Crippen LogP contribution in [0.3, 0.4) is 0 Å². The Balaban J connectivity index is 2.16. The van der Waals surface area contributed by atoms with Gasteiger partial charge in [-0.15, -0.1) is 0 Å². The summed E-state index contributed by atoms with van der Waals surface area (Å²) in [7, 11) is 1.74. The Hall–Kier alpha value is -0.670. The fraction of sp³-hybridized carbons (Fsp3) is 0.538. The summed E-state index contributed by atoms with van der Waals surface area (Å²) in [5, 5.41) is 4.36. The van der Waals surface area contributed by atoms with E-state index in [2.05, 4.69) is 24.4 Å². The van der Waals surface area contributed by atoms with E-state index in [-0.39, 0.29) is 0 Å². The van der Waals surface area contributed by atoms with Gasteiger partial charge in [0.1, 0.15) is 5.75 Å². The van der Waals surface area contributed by atoms with Gasteiger partial charge in [-0.25, -0.2) is 0 Å². The van der Waals surface area contributed by atoms with Crippen molar-refractivity contribution in [3.63, 3.8) is 0 Å². The molecule has 1 aromatic rings. The molecule has 1 aliphatic rings. The first kappa shape index (κ1) is 11.8. The van der Waals surface area contributed by atoms with Crippen LogP contribution >= 0.6 is 11.8 Å². The van der Waals surface area contributed by atoms with Crippen molar-refractivity contribution in [2.75, 3.05) is 19.4 Å². The zero-order valence-corrected chi connectivity index (χ0v) is 10.7. The van der Waals surface area contributed by atoms with E-state index >= 15 is 0 Å². The molecule has 0 aromatic heterocycles. The summed E-state index contributed by atoms with van der Waals surface area (Å²) >= 11 is 2.04. The molecule has 1 saturated heterocycles. The molecule has 0 aliphatic carbocycles. The highest BCUT2D eigenvalue weighted by atomic mass is 32.2. The molecule has 1 heterocycles. The van der Waals surface area contributed by atoms with Gasteiger partial charge >= 0.3 is 0 Å². The quantitative estimate of drug-likeness (QED) is 0.854. The van der Waals surface area contributed by atoms with Crippen LogP contribution in [0.2, 0.25) is 0 Å². The molecule has 2 atom stereocenters. The normalized spacial score (nSPS) is 26.1. The molecule has 1 fully saturated rings. The largest absolute Gasteiger partial charge is 0.496 e. The van der Waals surface area contributed by atoms with E-state index < -0.39 is 0 Å². The van der Waals surface area contributed by atoms with Crippen molar-refractivity contribution in [1.29, 1.82) is 0 Å². The van der Waals surface area contributed by atoms with Crippen LogP contribution < -0.4 is 10.1 Å². The van der Waals surface area contributed by atoms with Crippen molar-refractivity contribution in [1.82, 2.24) is 5.32 Å². The fourth-order valence-corrected chi connectivity index (χ4v) is 3.12. The molecule has 0 radical (unpaired) electrons. The van der Waals surface area contributed by atoms with Crippen molar-refractivity contribution in [2.45, 2.75) is 24.6 Å². The number of benzene rings is 1. The van der Waals surface area contributed by atoms with Crippen molar-refractivity contribution < 1.29 is 4.74 Å². The summed E-state index contributed by atoms with van der Waals surface area (Å²) in [5.74, 6) is 2.12. The van der Waals surface area contributed by atoms with Gasteiger partial charge in [-0.2, -0.15) is 11.8 Å². The molecule has 88 valence electrons. The lowest BCUT2D eigenvalue weighted by molar-refractivity contribution is 0.402. The maximum Gasteiger partial charge on any atom is 0.123 e. The lowest BCUT2D eigenvalue weighted by Gasteiger charge is -2.18. The fourth-order valence-electron chi connectivity index (χ4n) is 2.02. The van der Waals surface area contributed by atoms with Crippen LogP contribution in [-0.4, -0.2) is 24.7 Å². The second-order valence-corrected chi connectivity index (χ2v) is 5.65.